The van der Waals surface area contributed by atoms with E-state index in [2.05, 4.69) is 0 Å². The van der Waals surface area contributed by atoms with Gasteiger partial charge in [0.1, 0.15) is 0 Å². The molecule has 0 amide bonds. The van der Waals surface area contributed by atoms with Crippen molar-refractivity contribution in [1.82, 2.24) is 0 Å². The molecule has 1 nitrogen and oxygen atoms in total. The van der Waals surface area contributed by atoms with Crippen LogP contribution < -0.4 is 0 Å². The molecule has 0 radical (unpaired) electrons. The Labute approximate surface area is 71.1 Å². The maximum atomic E-state index is 9.83. The van der Waals surface area contributed by atoms with E-state index in [4.69, 9.17) is 0 Å². The number of rotatable bonds is 0. The number of hydrogen-bond donors (Lipinski definition) is 0. The average molecular weight is 570 g/mol. The normalized spacial score (nSPS) is 2.86. The van der Waals surface area contributed by atoms with E-state index < -0.39 is 58.2 Å². The summed E-state index contributed by atoms with van der Waals surface area (Å²) >= 11 is -6.01. The van der Waals surface area contributed by atoms with Crippen LogP contribution in [0.4, 0.5) is 8.40 Å². The van der Waals surface area contributed by atoms with Crippen LogP contribution in [0, 0.1) is 58.2 Å². The van der Waals surface area contributed by atoms with Crippen LogP contribution >= 0.6 is 0 Å². The number of halogens is 4. The Morgan fingerprint density at radius 1 is 0.714 bits per heavy atom. The van der Waals surface area contributed by atoms with Crippen molar-refractivity contribution in [3.63, 3.8) is 0 Å². The monoisotopic (exact) mass is 570 g/mol. The van der Waals surface area contributed by atoms with Gasteiger partial charge in [0.15, 0.2) is 0 Å². The Balaban J connectivity index is -0.0000000400. The van der Waals surface area contributed by atoms with Crippen LogP contribution in [0.3, 0.4) is 0 Å². The van der Waals surface area contributed by atoms with Crippen LogP contribution in [0.5, 0.6) is 0 Å². The second kappa shape index (κ2) is 25.0. The number of hydrogen-bond acceptors (Lipinski definition) is 0. The molecule has 44 valence electrons. The van der Waals surface area contributed by atoms with Gasteiger partial charge in [-0.1, -0.05) is 0 Å². The summed E-state index contributed by atoms with van der Waals surface area (Å²) in [4.78, 5) is 0. The Bertz CT molecular complexity index is 11.7. The van der Waals surface area contributed by atoms with Crippen LogP contribution in [-0.2, 0) is 0 Å². The zero-order chi connectivity index (χ0) is 5.41. The van der Waals surface area contributed by atoms with E-state index in [0.717, 1.165) is 0 Å². The first-order chi connectivity index (χ1) is 2.83. The van der Waals surface area contributed by atoms with Gasteiger partial charge in [-0.2, -0.15) is 0 Å². The Morgan fingerprint density at radius 3 is 0.714 bits per heavy atom. The first-order valence-electron chi connectivity index (χ1n) is 0.756. The topological polar surface area (TPSA) is 31.5 Å². The fourth-order valence-corrected chi connectivity index (χ4v) is 0. The zero-order valence-corrected chi connectivity index (χ0v) is 11.3. The van der Waals surface area contributed by atoms with Gasteiger partial charge in [-0.05, 0) is 0 Å². The van der Waals surface area contributed by atoms with E-state index >= 15 is 0 Å². The molecule has 0 aliphatic heterocycles. The summed E-state index contributed by atoms with van der Waals surface area (Å²) < 4.78 is 39.3. The molecule has 7 heteroatoms. The van der Waals surface area contributed by atoms with Gasteiger partial charge in [-0.15, -0.1) is 0 Å². The maximum absolute atomic E-state index is 9.83. The molecule has 0 bridgehead atoms. The fraction of sp³-hybridized carbons (Fsp3) is 0. The summed E-state index contributed by atoms with van der Waals surface area (Å²) in [6.07, 6.45) is 0. The van der Waals surface area contributed by atoms with E-state index in [1.807, 2.05) is 0 Å². The van der Waals surface area contributed by atoms with Crippen LogP contribution in [0.1, 0.15) is 0 Å². The quantitative estimate of drug-likeness (QED) is 0.388. The summed E-state index contributed by atoms with van der Waals surface area (Å²) in [6.45, 7) is 0. The summed E-state index contributed by atoms with van der Waals surface area (Å²) in [5, 5.41) is 0. The Morgan fingerprint density at radius 2 is 0.714 bits per heavy atom. The van der Waals surface area contributed by atoms with Gasteiger partial charge in [-0.25, -0.2) is 0 Å². The van der Waals surface area contributed by atoms with E-state index in [0.29, 0.717) is 0 Å². The predicted octanol–water partition coefficient (Wildman–Crippen LogP) is 0.856. The predicted molar refractivity (Wildman–Crippen MR) is 8.05 cm³/mol. The molecule has 0 saturated carbocycles. The minimum absolute atomic E-state index is 0. The molecular formula is H2F4OU2. The molecule has 0 aliphatic rings. The van der Waals surface area contributed by atoms with Gasteiger partial charge in [0.05, 0.1) is 0 Å². The van der Waals surface area contributed by atoms with Crippen molar-refractivity contribution in [3.8, 4) is 0 Å². The van der Waals surface area contributed by atoms with Crippen LogP contribution in [0.15, 0.2) is 0 Å². The summed E-state index contributed by atoms with van der Waals surface area (Å²) in [5.74, 6) is 0. The first kappa shape index (κ1) is 15.9. The van der Waals surface area contributed by atoms with Crippen molar-refractivity contribution in [2.45, 2.75) is 0 Å². The third-order valence-corrected chi connectivity index (χ3v) is 0. The zero-order valence-electron chi connectivity index (χ0n) is 3.01. The fourth-order valence-electron chi connectivity index (χ4n) is 0. The molecular weight excluding hydrogens is 568 g/mol. The molecule has 7 heavy (non-hydrogen) atoms. The first-order valence-corrected chi connectivity index (χ1v) is 7.05. The summed E-state index contributed by atoms with van der Waals surface area (Å²) in [7, 11) is 0. The van der Waals surface area contributed by atoms with Crippen molar-refractivity contribution < 1.29 is 72.1 Å². The van der Waals surface area contributed by atoms with Crippen molar-refractivity contribution in [1.29, 1.82) is 0 Å². The van der Waals surface area contributed by atoms with Crippen molar-refractivity contribution >= 4 is 0 Å². The molecule has 2 N–H and O–H groups in total. The van der Waals surface area contributed by atoms with E-state index in [1.54, 1.807) is 0 Å². The van der Waals surface area contributed by atoms with Gasteiger partial charge >= 0.3 is 66.6 Å². The van der Waals surface area contributed by atoms with Crippen molar-refractivity contribution in [2.75, 3.05) is 0 Å². The van der Waals surface area contributed by atoms with Gasteiger partial charge in [-0.3, -0.25) is 0 Å². The van der Waals surface area contributed by atoms with Crippen LogP contribution in [0.2, 0.25) is 0 Å². The summed E-state index contributed by atoms with van der Waals surface area (Å²) in [6, 6.07) is 0. The van der Waals surface area contributed by atoms with Gasteiger partial charge in [0, 0.05) is 0 Å². The minimum atomic E-state index is -3.01. The Hall–Kier alpha value is 1.78. The molecule has 0 atom stereocenters. The van der Waals surface area contributed by atoms with E-state index in [-0.39, 0.29) is 5.48 Å². The standard InChI is InChI=1S/4FH.H2O.2U/h4*1H;1H2;;/q;;;;;2*+2/p-4. The molecule has 0 heterocycles. The third kappa shape index (κ3) is 81.8. The second-order valence-corrected chi connectivity index (χ2v) is 1.33. The van der Waals surface area contributed by atoms with Crippen LogP contribution in [-0.4, -0.2) is 5.48 Å². The molecule has 0 unspecified atom stereocenters. The molecule has 0 saturated heterocycles. The molecule has 0 rings (SSSR count). The molecule has 0 spiro atoms. The van der Waals surface area contributed by atoms with Gasteiger partial charge in [0.2, 0.25) is 0 Å². The van der Waals surface area contributed by atoms with E-state index in [9.17, 15) is 8.40 Å². The van der Waals surface area contributed by atoms with Gasteiger partial charge in [0.25, 0.3) is 0 Å². The Kier molecular flexibility index (Phi) is 56.9. The molecule has 0 aromatic carbocycles. The summed E-state index contributed by atoms with van der Waals surface area (Å²) in [5.41, 5.74) is 0. The van der Waals surface area contributed by atoms with Crippen molar-refractivity contribution in [3.05, 3.63) is 0 Å². The van der Waals surface area contributed by atoms with Gasteiger partial charge < -0.3 is 5.48 Å². The third-order valence-electron chi connectivity index (χ3n) is 0. The molecule has 0 aliphatic carbocycles. The molecule has 0 aromatic rings. The van der Waals surface area contributed by atoms with Crippen LogP contribution in [0.25, 0.3) is 0 Å². The molecule has 0 fully saturated rings. The average Bonchev–Trinajstić information content (AvgIpc) is 1.39. The van der Waals surface area contributed by atoms with E-state index in [1.165, 1.54) is 0 Å². The second-order valence-electron chi connectivity index (χ2n) is 0.143. The molecule has 0 aromatic heterocycles. The van der Waals surface area contributed by atoms with Crippen molar-refractivity contribution in [2.24, 2.45) is 0 Å². The SMILES string of the molecule is O.[F][U][F].[F][U][F].